The third kappa shape index (κ3) is 4.77. The van der Waals surface area contributed by atoms with Gasteiger partial charge in [0.05, 0.1) is 27.0 Å². The molecule has 0 atom stereocenters. The van der Waals surface area contributed by atoms with E-state index in [-0.39, 0.29) is 11.8 Å². The monoisotopic (exact) mass is 324 g/mol. The number of hydrogen-bond donors (Lipinski definition) is 1. The minimum atomic E-state index is -0.148. The zero-order chi connectivity index (χ0) is 17.4. The van der Waals surface area contributed by atoms with E-state index in [1.165, 1.54) is 28.3 Å². The van der Waals surface area contributed by atoms with Crippen LogP contribution in [0.2, 0.25) is 0 Å². The van der Waals surface area contributed by atoms with E-state index in [9.17, 15) is 9.59 Å². The van der Waals surface area contributed by atoms with Gasteiger partial charge in [-0.25, -0.2) is 0 Å². The molecule has 0 saturated carbocycles. The summed E-state index contributed by atoms with van der Waals surface area (Å²) in [6.45, 7) is 3.95. The molecule has 0 aliphatic heterocycles. The second kappa shape index (κ2) is 8.87. The van der Waals surface area contributed by atoms with Crippen LogP contribution in [0.15, 0.2) is 12.1 Å². The lowest BCUT2D eigenvalue weighted by molar-refractivity contribution is -0.121. The normalized spacial score (nSPS) is 9.96. The topological polar surface area (TPSA) is 77.1 Å². The molecule has 7 heteroatoms. The summed E-state index contributed by atoms with van der Waals surface area (Å²) in [6.07, 6.45) is 0.407. The van der Waals surface area contributed by atoms with Crippen LogP contribution in [0.25, 0.3) is 0 Å². The average Bonchev–Trinajstić information content (AvgIpc) is 2.56. The first kappa shape index (κ1) is 18.6. The number of carbonyl (C=O) groups excluding carboxylic acids is 2. The van der Waals surface area contributed by atoms with Crippen LogP contribution in [-0.2, 0) is 9.59 Å². The summed E-state index contributed by atoms with van der Waals surface area (Å²) in [4.78, 5) is 24.8. The lowest BCUT2D eigenvalue weighted by atomic mass is 10.2. The molecule has 0 spiro atoms. The molecule has 1 aromatic carbocycles. The molecule has 0 saturated heterocycles. The summed E-state index contributed by atoms with van der Waals surface area (Å²) in [7, 11) is 4.55. The second-order valence-corrected chi connectivity index (χ2v) is 4.76. The number of amides is 2. The second-order valence-electron chi connectivity index (χ2n) is 4.76. The molecule has 0 fully saturated rings. The Morgan fingerprint density at radius 2 is 1.65 bits per heavy atom. The minimum absolute atomic E-state index is 0.0570. The maximum absolute atomic E-state index is 11.9. The maximum atomic E-state index is 11.9. The third-order valence-electron chi connectivity index (χ3n) is 3.32. The fraction of sp³-hybridized carbons (Fsp3) is 0.500. The number of nitrogens with zero attached hydrogens (tertiary/aromatic N) is 1. The van der Waals surface area contributed by atoms with Crippen LogP contribution < -0.4 is 24.4 Å². The van der Waals surface area contributed by atoms with Gasteiger partial charge in [0, 0.05) is 38.6 Å². The van der Waals surface area contributed by atoms with Gasteiger partial charge in [-0.05, 0) is 0 Å². The Labute approximate surface area is 136 Å². The lowest BCUT2D eigenvalue weighted by Crippen LogP contribution is -2.37. The van der Waals surface area contributed by atoms with Crippen LogP contribution in [0.5, 0.6) is 17.2 Å². The Kier molecular flexibility index (Phi) is 7.18. The van der Waals surface area contributed by atoms with Crippen LogP contribution in [0.4, 0.5) is 5.69 Å². The van der Waals surface area contributed by atoms with Gasteiger partial charge in [0.15, 0.2) is 11.5 Å². The van der Waals surface area contributed by atoms with Crippen molar-refractivity contribution in [1.82, 2.24) is 5.32 Å². The van der Waals surface area contributed by atoms with Crippen molar-refractivity contribution in [3.05, 3.63) is 12.1 Å². The molecule has 128 valence electrons. The summed E-state index contributed by atoms with van der Waals surface area (Å²) in [5, 5.41) is 2.75. The minimum Gasteiger partial charge on any atom is -0.493 e. The first-order valence-electron chi connectivity index (χ1n) is 7.33. The highest BCUT2D eigenvalue weighted by molar-refractivity contribution is 5.92. The fourth-order valence-electron chi connectivity index (χ4n) is 2.12. The highest BCUT2D eigenvalue weighted by Gasteiger charge is 2.19. The Morgan fingerprint density at radius 1 is 1.09 bits per heavy atom. The maximum Gasteiger partial charge on any atom is 0.223 e. The van der Waals surface area contributed by atoms with Gasteiger partial charge in [0.2, 0.25) is 17.6 Å². The van der Waals surface area contributed by atoms with Crippen molar-refractivity contribution in [2.75, 3.05) is 39.3 Å². The molecule has 0 bridgehead atoms. The summed E-state index contributed by atoms with van der Waals surface area (Å²) < 4.78 is 15.9. The predicted molar refractivity (Wildman–Crippen MR) is 87.4 cm³/mol. The third-order valence-corrected chi connectivity index (χ3v) is 3.32. The molecule has 1 aromatic rings. The van der Waals surface area contributed by atoms with Crippen LogP contribution in [0, 0.1) is 0 Å². The first-order valence-corrected chi connectivity index (χ1v) is 7.33. The predicted octanol–water partition coefficient (Wildman–Crippen LogP) is 1.59. The average molecular weight is 324 g/mol. The summed E-state index contributed by atoms with van der Waals surface area (Å²) in [6, 6.07) is 3.40. The number of methoxy groups -OCH3 is 3. The van der Waals surface area contributed by atoms with Gasteiger partial charge in [-0.15, -0.1) is 0 Å². The Balaban J connectivity index is 3.07. The highest BCUT2D eigenvalue weighted by atomic mass is 16.5. The van der Waals surface area contributed by atoms with Gasteiger partial charge < -0.3 is 24.4 Å². The number of benzene rings is 1. The van der Waals surface area contributed by atoms with Crippen molar-refractivity contribution in [1.29, 1.82) is 0 Å². The molecule has 0 aromatic heterocycles. The van der Waals surface area contributed by atoms with Gasteiger partial charge in [0.25, 0.3) is 0 Å². The number of rotatable bonds is 8. The fourth-order valence-corrected chi connectivity index (χ4v) is 2.12. The van der Waals surface area contributed by atoms with Gasteiger partial charge in [0.1, 0.15) is 0 Å². The Hall–Kier alpha value is -2.44. The molecule has 23 heavy (non-hydrogen) atoms. The molecule has 0 heterocycles. The van der Waals surface area contributed by atoms with E-state index in [0.717, 1.165) is 0 Å². The van der Waals surface area contributed by atoms with Gasteiger partial charge in [-0.3, -0.25) is 9.59 Å². The van der Waals surface area contributed by atoms with Crippen LogP contribution >= 0.6 is 0 Å². The number of ether oxygens (including phenoxy) is 3. The van der Waals surface area contributed by atoms with Crippen molar-refractivity contribution in [3.8, 4) is 17.2 Å². The molecule has 1 rings (SSSR count). The van der Waals surface area contributed by atoms with E-state index < -0.39 is 0 Å². The zero-order valence-corrected chi connectivity index (χ0v) is 14.3. The molecule has 1 N–H and O–H groups in total. The van der Waals surface area contributed by atoms with Crippen molar-refractivity contribution in [3.63, 3.8) is 0 Å². The van der Waals surface area contributed by atoms with Crippen molar-refractivity contribution < 1.29 is 23.8 Å². The van der Waals surface area contributed by atoms with Gasteiger partial charge in [-0.2, -0.15) is 0 Å². The van der Waals surface area contributed by atoms with Gasteiger partial charge >= 0.3 is 0 Å². The standard InChI is InChI=1S/C16H24N2O5/c1-6-15(20)17-7-8-18(11(2)19)12-9-13(21-3)16(23-5)14(10-12)22-4/h9-10H,6-8H2,1-5H3,(H,17,20). The molecule has 0 radical (unpaired) electrons. The summed E-state index contributed by atoms with van der Waals surface area (Å²) >= 11 is 0. The van der Waals surface area contributed by atoms with E-state index in [0.29, 0.717) is 42.4 Å². The van der Waals surface area contributed by atoms with Crippen molar-refractivity contribution >= 4 is 17.5 Å². The smallest absolute Gasteiger partial charge is 0.223 e. The molecular formula is C16H24N2O5. The van der Waals surface area contributed by atoms with Crippen molar-refractivity contribution in [2.24, 2.45) is 0 Å². The Morgan fingerprint density at radius 3 is 2.04 bits per heavy atom. The lowest BCUT2D eigenvalue weighted by Gasteiger charge is -2.23. The highest BCUT2D eigenvalue weighted by Crippen LogP contribution is 2.41. The van der Waals surface area contributed by atoms with Gasteiger partial charge in [-0.1, -0.05) is 6.92 Å². The molecule has 7 nitrogen and oxygen atoms in total. The number of anilines is 1. The van der Waals surface area contributed by atoms with Crippen LogP contribution in [0.1, 0.15) is 20.3 Å². The van der Waals surface area contributed by atoms with E-state index >= 15 is 0 Å². The zero-order valence-electron chi connectivity index (χ0n) is 14.3. The van der Waals surface area contributed by atoms with E-state index in [1.54, 1.807) is 24.0 Å². The number of carbonyl (C=O) groups is 2. The number of nitrogens with one attached hydrogen (secondary N) is 1. The molecular weight excluding hydrogens is 300 g/mol. The summed E-state index contributed by atoms with van der Waals surface area (Å²) in [5.41, 5.74) is 0.609. The SMILES string of the molecule is CCC(=O)NCCN(C(C)=O)c1cc(OC)c(OC)c(OC)c1. The first-order chi connectivity index (χ1) is 11.0. The number of hydrogen-bond acceptors (Lipinski definition) is 5. The molecule has 0 aliphatic carbocycles. The molecule has 0 unspecified atom stereocenters. The molecule has 0 aliphatic rings. The largest absolute Gasteiger partial charge is 0.493 e. The summed E-state index contributed by atoms with van der Waals surface area (Å²) in [5.74, 6) is 1.18. The van der Waals surface area contributed by atoms with Crippen LogP contribution in [0.3, 0.4) is 0 Å². The van der Waals surface area contributed by atoms with Crippen molar-refractivity contribution in [2.45, 2.75) is 20.3 Å². The van der Waals surface area contributed by atoms with Crippen LogP contribution in [-0.4, -0.2) is 46.2 Å². The van der Waals surface area contributed by atoms with E-state index in [2.05, 4.69) is 5.32 Å². The van der Waals surface area contributed by atoms with E-state index in [4.69, 9.17) is 14.2 Å². The Bertz CT molecular complexity index is 534. The molecule has 2 amide bonds. The van der Waals surface area contributed by atoms with E-state index in [1.807, 2.05) is 0 Å². The quantitative estimate of drug-likeness (QED) is 0.786.